The monoisotopic (exact) mass is 444 g/mol. The number of ether oxygens (including phenoxy) is 3. The Labute approximate surface area is 191 Å². The minimum Gasteiger partial charge on any atom is -0.497 e. The quantitative estimate of drug-likeness (QED) is 0.402. The van der Waals surface area contributed by atoms with Gasteiger partial charge in [-0.05, 0) is 54.1 Å². The van der Waals surface area contributed by atoms with Gasteiger partial charge in [0.05, 0.1) is 14.2 Å². The summed E-state index contributed by atoms with van der Waals surface area (Å²) in [6.07, 6.45) is 3.55. The molecule has 33 heavy (non-hydrogen) atoms. The van der Waals surface area contributed by atoms with E-state index in [0.717, 1.165) is 53.6 Å². The summed E-state index contributed by atoms with van der Waals surface area (Å²) in [5.41, 5.74) is 2.86. The Morgan fingerprint density at radius 3 is 2.24 bits per heavy atom. The zero-order chi connectivity index (χ0) is 22.6. The highest BCUT2D eigenvalue weighted by Gasteiger charge is 2.28. The topological polar surface area (TPSA) is 82.7 Å². The number of aromatic nitrogens is 3. The van der Waals surface area contributed by atoms with E-state index in [1.807, 2.05) is 54.6 Å². The van der Waals surface area contributed by atoms with Crippen molar-refractivity contribution in [2.45, 2.75) is 12.6 Å². The number of benzene rings is 2. The average Bonchev–Trinajstić information content (AvgIpc) is 3.34. The third kappa shape index (κ3) is 4.80. The molecule has 1 fully saturated rings. The minimum absolute atomic E-state index is 0.159. The fraction of sp³-hybridized carbons (Fsp3) is 0.240. The normalized spacial score (nSPS) is 14.0. The first-order valence-corrected chi connectivity index (χ1v) is 10.7. The van der Waals surface area contributed by atoms with Crippen LogP contribution in [0.5, 0.6) is 17.2 Å². The Bertz CT molecular complexity index is 1180. The molecule has 3 heterocycles. The van der Waals surface area contributed by atoms with E-state index in [1.54, 1.807) is 26.6 Å². The van der Waals surface area contributed by atoms with Gasteiger partial charge in [-0.1, -0.05) is 5.16 Å². The van der Waals surface area contributed by atoms with Gasteiger partial charge in [0.15, 0.2) is 0 Å². The number of methoxy groups -OCH3 is 2. The average molecular weight is 444 g/mol. The maximum Gasteiger partial charge on any atom is 0.258 e. The summed E-state index contributed by atoms with van der Waals surface area (Å²) < 4.78 is 22.2. The van der Waals surface area contributed by atoms with Crippen LogP contribution in [0.15, 0.2) is 71.5 Å². The summed E-state index contributed by atoms with van der Waals surface area (Å²) in [6, 6.07) is 17.4. The highest BCUT2D eigenvalue weighted by Crippen LogP contribution is 2.27. The first-order valence-electron chi connectivity index (χ1n) is 10.7. The molecule has 0 spiro atoms. The van der Waals surface area contributed by atoms with Gasteiger partial charge in [-0.25, -0.2) is 0 Å². The molecule has 0 amide bonds. The van der Waals surface area contributed by atoms with Crippen LogP contribution in [0.3, 0.4) is 0 Å². The second-order valence-electron chi connectivity index (χ2n) is 7.84. The van der Waals surface area contributed by atoms with Crippen LogP contribution in [-0.2, 0) is 6.54 Å². The molecule has 4 aromatic rings. The third-order valence-corrected chi connectivity index (χ3v) is 5.51. The van der Waals surface area contributed by atoms with E-state index in [2.05, 4.69) is 20.0 Å². The molecule has 168 valence electrons. The summed E-state index contributed by atoms with van der Waals surface area (Å²) in [5, 5.41) is 4.08. The molecule has 0 N–H and O–H groups in total. The first-order chi connectivity index (χ1) is 16.2. The van der Waals surface area contributed by atoms with E-state index in [-0.39, 0.29) is 6.10 Å². The third-order valence-electron chi connectivity index (χ3n) is 5.51. The van der Waals surface area contributed by atoms with Crippen molar-refractivity contribution in [2.24, 2.45) is 0 Å². The summed E-state index contributed by atoms with van der Waals surface area (Å²) in [6.45, 7) is 2.55. The van der Waals surface area contributed by atoms with Crippen LogP contribution in [-0.4, -0.2) is 53.4 Å². The summed E-state index contributed by atoms with van der Waals surface area (Å²) >= 11 is 0. The standard InChI is InChI=1S/C25H24N4O4/c1-30-21-11-17(12-22(13-21)31-2)14-29-15-23(16-29)32-20-5-3-18(4-6-20)24-27-25(33-28-24)19-7-9-26-10-8-19/h3-13,23H,14-16H2,1-2H3. The van der Waals surface area contributed by atoms with Gasteiger partial charge in [0.1, 0.15) is 23.4 Å². The summed E-state index contributed by atoms with van der Waals surface area (Å²) in [7, 11) is 3.33. The zero-order valence-corrected chi connectivity index (χ0v) is 18.5. The smallest absolute Gasteiger partial charge is 0.258 e. The summed E-state index contributed by atoms with van der Waals surface area (Å²) in [4.78, 5) is 10.8. The van der Waals surface area contributed by atoms with Crippen molar-refractivity contribution < 1.29 is 18.7 Å². The lowest BCUT2D eigenvalue weighted by Gasteiger charge is -2.39. The predicted octanol–water partition coefficient (Wildman–Crippen LogP) is 4.08. The number of likely N-dealkylation sites (tertiary alicyclic amines) is 1. The van der Waals surface area contributed by atoms with Crippen LogP contribution in [0, 0.1) is 0 Å². The fourth-order valence-corrected chi connectivity index (χ4v) is 3.77. The van der Waals surface area contributed by atoms with Crippen LogP contribution in [0.4, 0.5) is 0 Å². The van der Waals surface area contributed by atoms with Gasteiger partial charge in [-0.3, -0.25) is 9.88 Å². The molecule has 8 heteroatoms. The molecule has 0 radical (unpaired) electrons. The minimum atomic E-state index is 0.159. The van der Waals surface area contributed by atoms with Gasteiger partial charge in [-0.2, -0.15) is 4.98 Å². The van der Waals surface area contributed by atoms with Crippen molar-refractivity contribution in [3.8, 4) is 40.1 Å². The number of rotatable bonds is 8. The fourth-order valence-electron chi connectivity index (χ4n) is 3.77. The van der Waals surface area contributed by atoms with Gasteiger partial charge in [0, 0.05) is 49.2 Å². The van der Waals surface area contributed by atoms with Gasteiger partial charge < -0.3 is 18.7 Å². The van der Waals surface area contributed by atoms with E-state index in [0.29, 0.717) is 11.7 Å². The number of hydrogen-bond donors (Lipinski definition) is 0. The van der Waals surface area contributed by atoms with E-state index >= 15 is 0 Å². The molecule has 2 aromatic heterocycles. The van der Waals surface area contributed by atoms with Gasteiger partial charge in [-0.15, -0.1) is 0 Å². The maximum atomic E-state index is 6.11. The predicted molar refractivity (Wildman–Crippen MR) is 122 cm³/mol. The Hall–Kier alpha value is -3.91. The lowest BCUT2D eigenvalue weighted by Crippen LogP contribution is -2.53. The van der Waals surface area contributed by atoms with Gasteiger partial charge in [0.25, 0.3) is 5.89 Å². The van der Waals surface area contributed by atoms with E-state index in [9.17, 15) is 0 Å². The second kappa shape index (κ2) is 9.30. The van der Waals surface area contributed by atoms with E-state index < -0.39 is 0 Å². The van der Waals surface area contributed by atoms with Crippen LogP contribution in [0.1, 0.15) is 5.56 Å². The molecular formula is C25H24N4O4. The zero-order valence-electron chi connectivity index (χ0n) is 18.5. The van der Waals surface area contributed by atoms with Crippen LogP contribution >= 0.6 is 0 Å². The van der Waals surface area contributed by atoms with Crippen LogP contribution in [0.25, 0.3) is 22.8 Å². The van der Waals surface area contributed by atoms with Crippen molar-refractivity contribution in [2.75, 3.05) is 27.3 Å². The molecule has 1 aliphatic heterocycles. The number of hydrogen-bond acceptors (Lipinski definition) is 8. The van der Waals surface area contributed by atoms with E-state index in [4.69, 9.17) is 18.7 Å². The van der Waals surface area contributed by atoms with Crippen LogP contribution in [0.2, 0.25) is 0 Å². The molecule has 8 nitrogen and oxygen atoms in total. The van der Waals surface area contributed by atoms with Gasteiger partial charge in [0.2, 0.25) is 5.82 Å². The molecule has 0 atom stereocenters. The van der Waals surface area contributed by atoms with E-state index in [1.165, 1.54) is 0 Å². The van der Waals surface area contributed by atoms with Crippen molar-refractivity contribution in [3.05, 3.63) is 72.6 Å². The molecular weight excluding hydrogens is 420 g/mol. The molecule has 1 aliphatic rings. The van der Waals surface area contributed by atoms with Crippen molar-refractivity contribution in [1.29, 1.82) is 0 Å². The van der Waals surface area contributed by atoms with Crippen molar-refractivity contribution in [3.63, 3.8) is 0 Å². The number of nitrogens with zero attached hydrogens (tertiary/aromatic N) is 4. The Balaban J connectivity index is 1.15. The molecule has 0 bridgehead atoms. The molecule has 2 aromatic carbocycles. The Morgan fingerprint density at radius 1 is 0.879 bits per heavy atom. The lowest BCUT2D eigenvalue weighted by molar-refractivity contribution is 0.0145. The lowest BCUT2D eigenvalue weighted by atomic mass is 10.1. The first kappa shape index (κ1) is 21.0. The highest BCUT2D eigenvalue weighted by molar-refractivity contribution is 5.60. The Morgan fingerprint density at radius 2 is 1.58 bits per heavy atom. The molecule has 0 aliphatic carbocycles. The SMILES string of the molecule is COc1cc(CN2CC(Oc3ccc(-c4noc(-c5ccncc5)n4)cc3)C2)cc(OC)c1. The van der Waals surface area contributed by atoms with Crippen molar-refractivity contribution in [1.82, 2.24) is 20.0 Å². The van der Waals surface area contributed by atoms with Crippen molar-refractivity contribution >= 4 is 0 Å². The summed E-state index contributed by atoms with van der Waals surface area (Å²) in [5.74, 6) is 3.43. The maximum absolute atomic E-state index is 6.11. The molecule has 0 saturated carbocycles. The highest BCUT2D eigenvalue weighted by atomic mass is 16.5. The molecule has 0 unspecified atom stereocenters. The Kier molecular flexibility index (Phi) is 5.91. The molecule has 5 rings (SSSR count). The molecule has 1 saturated heterocycles. The second-order valence-corrected chi connectivity index (χ2v) is 7.84. The van der Waals surface area contributed by atoms with Gasteiger partial charge >= 0.3 is 0 Å². The number of pyridine rings is 1. The largest absolute Gasteiger partial charge is 0.497 e. The van der Waals surface area contributed by atoms with Crippen LogP contribution < -0.4 is 14.2 Å².